The highest BCUT2D eigenvalue weighted by atomic mass is 32.2. The van der Waals surface area contributed by atoms with Crippen molar-refractivity contribution < 1.29 is 22.7 Å². The first-order chi connectivity index (χ1) is 17.7. The van der Waals surface area contributed by atoms with Crippen molar-refractivity contribution >= 4 is 27.5 Å². The number of benzene rings is 3. The number of carbonyl (C=O) groups is 2. The number of nitrogens with zero attached hydrogens (tertiary/aromatic N) is 2. The van der Waals surface area contributed by atoms with Crippen LogP contribution in [0.3, 0.4) is 0 Å². The third-order valence-electron chi connectivity index (χ3n) is 6.04. The zero-order valence-corrected chi connectivity index (χ0v) is 22.4. The maximum absolute atomic E-state index is 13.9. The Balaban J connectivity index is 2.11. The van der Waals surface area contributed by atoms with Crippen LogP contribution in [-0.2, 0) is 26.2 Å². The molecule has 0 saturated heterocycles. The monoisotopic (exact) mass is 523 g/mol. The van der Waals surface area contributed by atoms with Crippen molar-refractivity contribution in [2.24, 2.45) is 0 Å². The van der Waals surface area contributed by atoms with Crippen LogP contribution in [0.25, 0.3) is 0 Å². The lowest BCUT2D eigenvalue weighted by atomic mass is 10.1. The number of amides is 2. The largest absolute Gasteiger partial charge is 0.495 e. The molecule has 0 aliphatic heterocycles. The molecule has 0 heterocycles. The minimum absolute atomic E-state index is 0.0410. The van der Waals surface area contributed by atoms with Gasteiger partial charge in [0.2, 0.25) is 11.8 Å². The zero-order chi connectivity index (χ0) is 27.0. The minimum atomic E-state index is -4.16. The van der Waals surface area contributed by atoms with Crippen molar-refractivity contribution in [1.82, 2.24) is 10.2 Å². The number of methoxy groups -OCH3 is 1. The molecule has 0 spiro atoms. The summed E-state index contributed by atoms with van der Waals surface area (Å²) in [4.78, 5) is 28.1. The molecule has 1 atom stereocenters. The van der Waals surface area contributed by atoms with Gasteiger partial charge in [-0.05, 0) is 48.7 Å². The van der Waals surface area contributed by atoms with Crippen LogP contribution in [0, 0.1) is 6.92 Å². The minimum Gasteiger partial charge on any atom is -0.495 e. The molecule has 9 heteroatoms. The Morgan fingerprint density at radius 1 is 0.973 bits per heavy atom. The number of hydrogen-bond donors (Lipinski definition) is 1. The molecule has 196 valence electrons. The summed E-state index contributed by atoms with van der Waals surface area (Å²) in [7, 11) is -1.20. The van der Waals surface area contributed by atoms with Gasteiger partial charge in [-0.1, -0.05) is 61.5 Å². The van der Waals surface area contributed by atoms with Crippen LogP contribution in [0.2, 0.25) is 0 Å². The normalized spacial score (nSPS) is 11.9. The van der Waals surface area contributed by atoms with Gasteiger partial charge in [-0.3, -0.25) is 13.9 Å². The smallest absolute Gasteiger partial charge is 0.264 e. The van der Waals surface area contributed by atoms with Gasteiger partial charge in [-0.25, -0.2) is 8.42 Å². The molecule has 0 aromatic heterocycles. The Hall–Kier alpha value is -3.85. The van der Waals surface area contributed by atoms with Gasteiger partial charge in [0.15, 0.2) is 0 Å². The summed E-state index contributed by atoms with van der Waals surface area (Å²) in [5.74, 6) is -0.523. The molecule has 0 fully saturated rings. The maximum Gasteiger partial charge on any atom is 0.264 e. The number of rotatable bonds is 11. The van der Waals surface area contributed by atoms with E-state index in [0.717, 1.165) is 15.4 Å². The quantitative estimate of drug-likeness (QED) is 0.413. The average molecular weight is 524 g/mol. The van der Waals surface area contributed by atoms with Gasteiger partial charge >= 0.3 is 0 Å². The molecule has 37 heavy (non-hydrogen) atoms. The van der Waals surface area contributed by atoms with E-state index in [1.165, 1.54) is 31.2 Å². The van der Waals surface area contributed by atoms with Crippen LogP contribution in [0.4, 0.5) is 5.69 Å². The number of sulfonamides is 1. The number of ether oxygens (including phenoxy) is 1. The van der Waals surface area contributed by atoms with Crippen molar-refractivity contribution in [2.45, 2.75) is 37.8 Å². The zero-order valence-electron chi connectivity index (χ0n) is 21.5. The number of aryl methyl sites for hydroxylation is 1. The molecule has 3 aromatic rings. The molecule has 2 amide bonds. The molecule has 0 aliphatic rings. The van der Waals surface area contributed by atoms with Gasteiger partial charge in [-0.15, -0.1) is 0 Å². The second kappa shape index (κ2) is 12.4. The standard InChI is InChI=1S/C28H33N3O5S/c1-5-24(28(33)29-3)30(19-22-12-8-6-9-13-22)27(32)20-31(25-18-21(2)16-17-26(25)36-4)37(34,35)23-14-10-7-11-15-23/h6-18,24H,5,19-20H2,1-4H3,(H,29,33)/t24-/m0/s1. The lowest BCUT2D eigenvalue weighted by molar-refractivity contribution is -0.140. The molecule has 0 radical (unpaired) electrons. The average Bonchev–Trinajstić information content (AvgIpc) is 2.92. The van der Waals surface area contributed by atoms with Gasteiger partial charge in [-0.2, -0.15) is 0 Å². The van der Waals surface area contributed by atoms with Gasteiger partial charge in [0.1, 0.15) is 18.3 Å². The second-order valence-corrected chi connectivity index (χ2v) is 10.4. The fourth-order valence-electron chi connectivity index (χ4n) is 4.09. The van der Waals surface area contributed by atoms with Crippen LogP contribution >= 0.6 is 0 Å². The lowest BCUT2D eigenvalue weighted by Gasteiger charge is -2.33. The topological polar surface area (TPSA) is 96.0 Å². The summed E-state index contributed by atoms with van der Waals surface area (Å²) in [6.07, 6.45) is 0.359. The van der Waals surface area contributed by atoms with E-state index in [2.05, 4.69) is 5.32 Å². The summed E-state index contributed by atoms with van der Waals surface area (Å²) in [6.45, 7) is 3.28. The molecule has 1 N–H and O–H groups in total. The molecule has 0 saturated carbocycles. The summed E-state index contributed by atoms with van der Waals surface area (Å²) >= 11 is 0. The number of anilines is 1. The van der Waals surface area contributed by atoms with Crippen LogP contribution < -0.4 is 14.4 Å². The SMILES string of the molecule is CC[C@@H](C(=O)NC)N(Cc1ccccc1)C(=O)CN(c1cc(C)ccc1OC)S(=O)(=O)c1ccccc1. The third-order valence-corrected chi connectivity index (χ3v) is 7.82. The van der Waals surface area contributed by atoms with E-state index in [1.807, 2.05) is 44.2 Å². The molecule has 3 rings (SSSR count). The first-order valence-corrected chi connectivity index (χ1v) is 13.4. The summed E-state index contributed by atoms with van der Waals surface area (Å²) in [5.41, 5.74) is 1.87. The van der Waals surface area contributed by atoms with E-state index in [1.54, 1.807) is 36.4 Å². The van der Waals surface area contributed by atoms with Crippen LogP contribution in [0.5, 0.6) is 5.75 Å². The van der Waals surface area contributed by atoms with Gasteiger partial charge < -0.3 is 15.0 Å². The molecule has 3 aromatic carbocycles. The highest BCUT2D eigenvalue weighted by molar-refractivity contribution is 7.92. The fourth-order valence-corrected chi connectivity index (χ4v) is 5.53. The molecule has 0 bridgehead atoms. The Morgan fingerprint density at radius 2 is 1.59 bits per heavy atom. The Morgan fingerprint density at radius 3 is 2.16 bits per heavy atom. The van der Waals surface area contributed by atoms with E-state index in [0.29, 0.717) is 12.2 Å². The van der Waals surface area contributed by atoms with Crippen molar-refractivity contribution in [3.63, 3.8) is 0 Å². The van der Waals surface area contributed by atoms with E-state index in [4.69, 9.17) is 4.74 Å². The van der Waals surface area contributed by atoms with Crippen molar-refractivity contribution in [3.8, 4) is 5.75 Å². The summed E-state index contributed by atoms with van der Waals surface area (Å²) in [6, 6.07) is 21.6. The van der Waals surface area contributed by atoms with Crippen LogP contribution in [0.15, 0.2) is 83.8 Å². The van der Waals surface area contributed by atoms with Crippen LogP contribution in [-0.4, -0.2) is 51.9 Å². The predicted octanol–water partition coefficient (Wildman–Crippen LogP) is 3.75. The predicted molar refractivity (Wildman–Crippen MR) is 144 cm³/mol. The highest BCUT2D eigenvalue weighted by Crippen LogP contribution is 2.33. The fraction of sp³-hybridized carbons (Fsp3) is 0.286. The summed E-state index contributed by atoms with van der Waals surface area (Å²) in [5, 5.41) is 2.62. The molecule has 8 nitrogen and oxygen atoms in total. The van der Waals surface area contributed by atoms with E-state index in [-0.39, 0.29) is 23.0 Å². The highest BCUT2D eigenvalue weighted by Gasteiger charge is 2.34. The number of carbonyl (C=O) groups excluding carboxylic acids is 2. The van der Waals surface area contributed by atoms with E-state index >= 15 is 0 Å². The number of hydrogen-bond acceptors (Lipinski definition) is 5. The maximum atomic E-state index is 13.9. The van der Waals surface area contributed by atoms with Crippen molar-refractivity contribution in [2.75, 3.05) is 25.0 Å². The molecular formula is C28H33N3O5S. The van der Waals surface area contributed by atoms with Gasteiger partial charge in [0, 0.05) is 13.6 Å². The number of nitrogens with one attached hydrogen (secondary N) is 1. The second-order valence-electron chi connectivity index (χ2n) is 8.55. The summed E-state index contributed by atoms with van der Waals surface area (Å²) < 4.78 is 34.3. The third kappa shape index (κ3) is 6.48. The molecule has 0 unspecified atom stereocenters. The van der Waals surface area contributed by atoms with Gasteiger partial charge in [0.25, 0.3) is 10.0 Å². The number of likely N-dealkylation sites (N-methyl/N-ethyl adjacent to an activating group) is 1. The Bertz CT molecular complexity index is 1310. The van der Waals surface area contributed by atoms with Crippen molar-refractivity contribution in [3.05, 3.63) is 90.0 Å². The van der Waals surface area contributed by atoms with E-state index < -0.39 is 28.5 Å². The Kier molecular flexibility index (Phi) is 9.30. The van der Waals surface area contributed by atoms with E-state index in [9.17, 15) is 18.0 Å². The first kappa shape index (κ1) is 27.7. The molecular weight excluding hydrogens is 490 g/mol. The van der Waals surface area contributed by atoms with Crippen LogP contribution in [0.1, 0.15) is 24.5 Å². The molecule has 0 aliphatic carbocycles. The first-order valence-electron chi connectivity index (χ1n) is 12.0. The Labute approximate surface area is 218 Å². The lowest BCUT2D eigenvalue weighted by Crippen LogP contribution is -2.51. The van der Waals surface area contributed by atoms with Gasteiger partial charge in [0.05, 0.1) is 17.7 Å². The van der Waals surface area contributed by atoms with Crippen molar-refractivity contribution in [1.29, 1.82) is 0 Å².